The fourth-order valence-electron chi connectivity index (χ4n) is 1.84. The molecule has 0 amide bonds. The van der Waals surface area contributed by atoms with Crippen LogP contribution in [-0.2, 0) is 6.54 Å². The summed E-state index contributed by atoms with van der Waals surface area (Å²) in [5, 5.41) is 12.9. The van der Waals surface area contributed by atoms with Gasteiger partial charge in [-0.3, -0.25) is 0 Å². The number of phenols is 1. The molecule has 0 spiro atoms. The van der Waals surface area contributed by atoms with E-state index in [0.29, 0.717) is 12.5 Å². The van der Waals surface area contributed by atoms with Crippen molar-refractivity contribution in [2.24, 2.45) is 0 Å². The van der Waals surface area contributed by atoms with Gasteiger partial charge in [-0.2, -0.15) is 0 Å². The van der Waals surface area contributed by atoms with Crippen LogP contribution in [0.2, 0.25) is 0 Å². The molecule has 1 aromatic heterocycles. The zero-order valence-corrected chi connectivity index (χ0v) is 10.9. The molecule has 0 atom stereocenters. The van der Waals surface area contributed by atoms with Crippen LogP contribution in [0.4, 0.5) is 5.95 Å². The van der Waals surface area contributed by atoms with E-state index >= 15 is 0 Å². The Morgan fingerprint density at radius 2 is 1.72 bits per heavy atom. The average molecular weight is 243 g/mol. The van der Waals surface area contributed by atoms with Crippen molar-refractivity contribution in [3.05, 3.63) is 46.8 Å². The number of hydrogen-bond donors (Lipinski definition) is 2. The highest BCUT2D eigenvalue weighted by molar-refractivity contribution is 5.38. The van der Waals surface area contributed by atoms with Gasteiger partial charge in [0.25, 0.3) is 0 Å². The quantitative estimate of drug-likeness (QED) is 0.870. The number of hydrogen-bond acceptors (Lipinski definition) is 4. The highest BCUT2D eigenvalue weighted by Gasteiger charge is 2.03. The van der Waals surface area contributed by atoms with Crippen LogP contribution in [0.3, 0.4) is 0 Å². The van der Waals surface area contributed by atoms with Gasteiger partial charge in [-0.1, -0.05) is 17.7 Å². The van der Waals surface area contributed by atoms with Crippen LogP contribution in [0.1, 0.15) is 22.5 Å². The van der Waals surface area contributed by atoms with Gasteiger partial charge in [0.1, 0.15) is 5.75 Å². The minimum Gasteiger partial charge on any atom is -0.508 e. The predicted molar refractivity (Wildman–Crippen MR) is 71.7 cm³/mol. The minimum atomic E-state index is 0.289. The summed E-state index contributed by atoms with van der Waals surface area (Å²) in [4.78, 5) is 8.59. The normalized spacial score (nSPS) is 10.4. The van der Waals surface area contributed by atoms with Crippen LogP contribution in [0.5, 0.6) is 5.75 Å². The van der Waals surface area contributed by atoms with Crippen molar-refractivity contribution in [1.82, 2.24) is 9.97 Å². The molecule has 4 nitrogen and oxygen atoms in total. The maximum absolute atomic E-state index is 9.74. The predicted octanol–water partition coefficient (Wildman–Crippen LogP) is 2.72. The molecule has 18 heavy (non-hydrogen) atoms. The second-order valence-corrected chi connectivity index (χ2v) is 4.46. The van der Waals surface area contributed by atoms with E-state index in [1.54, 1.807) is 6.07 Å². The molecule has 0 radical (unpaired) electrons. The van der Waals surface area contributed by atoms with E-state index in [0.717, 1.165) is 22.5 Å². The molecule has 0 bridgehead atoms. The molecular formula is C14H17N3O. The van der Waals surface area contributed by atoms with E-state index < -0.39 is 0 Å². The monoisotopic (exact) mass is 243 g/mol. The smallest absolute Gasteiger partial charge is 0.223 e. The number of benzene rings is 1. The van der Waals surface area contributed by atoms with Crippen molar-refractivity contribution >= 4 is 5.95 Å². The lowest BCUT2D eigenvalue weighted by Gasteiger charge is -2.08. The number of nitrogens with zero attached hydrogens (tertiary/aromatic N) is 2. The Hall–Kier alpha value is -2.10. The molecule has 0 saturated heterocycles. The molecule has 1 heterocycles. The first kappa shape index (κ1) is 12.4. The summed E-state index contributed by atoms with van der Waals surface area (Å²) in [5.74, 6) is 0.880. The Morgan fingerprint density at radius 1 is 1.06 bits per heavy atom. The van der Waals surface area contributed by atoms with Gasteiger partial charge in [0.05, 0.1) is 0 Å². The van der Waals surface area contributed by atoms with Crippen LogP contribution in [0, 0.1) is 20.8 Å². The van der Waals surface area contributed by atoms with E-state index in [1.807, 2.05) is 39.0 Å². The van der Waals surface area contributed by atoms with Crippen molar-refractivity contribution in [3.63, 3.8) is 0 Å². The summed E-state index contributed by atoms with van der Waals surface area (Å²) in [6.07, 6.45) is 0. The van der Waals surface area contributed by atoms with Gasteiger partial charge < -0.3 is 10.4 Å². The number of nitrogens with one attached hydrogen (secondary N) is 1. The topological polar surface area (TPSA) is 58.0 Å². The van der Waals surface area contributed by atoms with E-state index in [-0.39, 0.29) is 5.75 Å². The summed E-state index contributed by atoms with van der Waals surface area (Å²) in [5.41, 5.74) is 3.82. The summed E-state index contributed by atoms with van der Waals surface area (Å²) in [6.45, 7) is 6.38. The number of aromatic nitrogens is 2. The first-order valence-electron chi connectivity index (χ1n) is 5.89. The molecule has 0 aliphatic carbocycles. The van der Waals surface area contributed by atoms with Crippen LogP contribution in [0.15, 0.2) is 24.3 Å². The van der Waals surface area contributed by atoms with E-state index in [9.17, 15) is 5.11 Å². The average Bonchev–Trinajstić information content (AvgIpc) is 2.29. The maximum Gasteiger partial charge on any atom is 0.223 e. The van der Waals surface area contributed by atoms with Crippen molar-refractivity contribution in [2.45, 2.75) is 27.3 Å². The van der Waals surface area contributed by atoms with E-state index in [1.165, 1.54) is 0 Å². The Balaban J connectivity index is 2.13. The number of phenolic OH excluding ortho intramolecular Hbond substituents is 1. The number of rotatable bonds is 3. The maximum atomic E-state index is 9.74. The van der Waals surface area contributed by atoms with Crippen molar-refractivity contribution in [3.8, 4) is 5.75 Å². The second-order valence-electron chi connectivity index (χ2n) is 4.46. The molecule has 1 aromatic carbocycles. The van der Waals surface area contributed by atoms with Crippen LogP contribution in [-0.4, -0.2) is 15.1 Å². The number of aryl methyl sites for hydroxylation is 3. The molecule has 0 saturated carbocycles. The molecular weight excluding hydrogens is 226 g/mol. The third kappa shape index (κ3) is 2.97. The molecule has 2 rings (SSSR count). The Kier molecular flexibility index (Phi) is 3.46. The van der Waals surface area contributed by atoms with Crippen LogP contribution in [0.25, 0.3) is 0 Å². The third-order valence-corrected chi connectivity index (χ3v) is 2.65. The van der Waals surface area contributed by atoms with Crippen LogP contribution < -0.4 is 5.32 Å². The first-order valence-corrected chi connectivity index (χ1v) is 5.89. The zero-order chi connectivity index (χ0) is 13.1. The lowest BCUT2D eigenvalue weighted by Crippen LogP contribution is -2.05. The Bertz CT molecular complexity index is 547. The SMILES string of the molecule is Cc1ccc(O)c(CNc2nc(C)cc(C)n2)c1. The highest BCUT2D eigenvalue weighted by Crippen LogP contribution is 2.19. The minimum absolute atomic E-state index is 0.289. The van der Waals surface area contributed by atoms with Gasteiger partial charge in [-0.15, -0.1) is 0 Å². The third-order valence-electron chi connectivity index (χ3n) is 2.65. The zero-order valence-electron chi connectivity index (χ0n) is 10.9. The summed E-state index contributed by atoms with van der Waals surface area (Å²) in [7, 11) is 0. The van der Waals surface area contributed by atoms with Crippen molar-refractivity contribution < 1.29 is 5.11 Å². The molecule has 0 aliphatic heterocycles. The fraction of sp³-hybridized carbons (Fsp3) is 0.286. The molecule has 2 aromatic rings. The summed E-state index contributed by atoms with van der Waals surface area (Å²) >= 11 is 0. The van der Waals surface area contributed by atoms with Gasteiger partial charge >= 0.3 is 0 Å². The largest absolute Gasteiger partial charge is 0.508 e. The molecule has 0 aliphatic rings. The second kappa shape index (κ2) is 5.04. The summed E-state index contributed by atoms with van der Waals surface area (Å²) < 4.78 is 0. The molecule has 94 valence electrons. The molecule has 2 N–H and O–H groups in total. The fourth-order valence-corrected chi connectivity index (χ4v) is 1.84. The van der Waals surface area contributed by atoms with Crippen molar-refractivity contribution in [2.75, 3.05) is 5.32 Å². The lowest BCUT2D eigenvalue weighted by atomic mass is 10.1. The van der Waals surface area contributed by atoms with Crippen LogP contribution >= 0.6 is 0 Å². The highest BCUT2D eigenvalue weighted by atomic mass is 16.3. The van der Waals surface area contributed by atoms with Gasteiger partial charge in [-0.25, -0.2) is 9.97 Å². The Labute approximate surface area is 107 Å². The standard InChI is InChI=1S/C14H17N3O/c1-9-4-5-13(18)12(6-9)8-15-14-16-10(2)7-11(3)17-14/h4-7,18H,8H2,1-3H3,(H,15,16,17). The molecule has 0 fully saturated rings. The Morgan fingerprint density at radius 3 is 2.39 bits per heavy atom. The first-order chi connectivity index (χ1) is 8.54. The lowest BCUT2D eigenvalue weighted by molar-refractivity contribution is 0.469. The molecule has 4 heteroatoms. The van der Waals surface area contributed by atoms with E-state index in [4.69, 9.17) is 0 Å². The number of anilines is 1. The van der Waals surface area contributed by atoms with Gasteiger partial charge in [0.2, 0.25) is 5.95 Å². The van der Waals surface area contributed by atoms with Gasteiger partial charge in [0.15, 0.2) is 0 Å². The van der Waals surface area contributed by atoms with Gasteiger partial charge in [-0.05, 0) is 32.9 Å². The van der Waals surface area contributed by atoms with Gasteiger partial charge in [0, 0.05) is 23.5 Å². The summed E-state index contributed by atoms with van der Waals surface area (Å²) in [6, 6.07) is 7.46. The van der Waals surface area contributed by atoms with E-state index in [2.05, 4.69) is 15.3 Å². The molecule has 0 unspecified atom stereocenters. The number of aromatic hydroxyl groups is 1. The van der Waals surface area contributed by atoms with Crippen molar-refractivity contribution in [1.29, 1.82) is 0 Å².